The van der Waals surface area contributed by atoms with Gasteiger partial charge in [0.1, 0.15) is 27.6 Å². The molecule has 0 aromatic carbocycles. The molecule has 8 nitrogen and oxygen atoms in total. The van der Waals surface area contributed by atoms with Crippen molar-refractivity contribution in [3.8, 4) is 11.3 Å². The summed E-state index contributed by atoms with van der Waals surface area (Å²) in [5.41, 5.74) is 4.08. The molecular formula is C23H27BrClN7O. The normalized spacial score (nSPS) is 16.6. The molecule has 10 heteroatoms. The first-order valence-corrected chi connectivity index (χ1v) is 12.3. The molecule has 5 rings (SSSR count). The van der Waals surface area contributed by atoms with Crippen molar-refractivity contribution in [2.45, 2.75) is 59.0 Å². The number of ether oxygens (including phenoxy) is 1. The minimum atomic E-state index is -0.173. The molecule has 0 spiro atoms. The van der Waals surface area contributed by atoms with Gasteiger partial charge in [0, 0.05) is 36.8 Å². The van der Waals surface area contributed by atoms with Crippen LogP contribution in [0.1, 0.15) is 40.7 Å². The highest BCUT2D eigenvalue weighted by Crippen LogP contribution is 2.38. The average Bonchev–Trinajstić information content (AvgIpc) is 3.26. The smallest absolute Gasteiger partial charge is 0.223 e. The number of hydrogen-bond acceptors (Lipinski definition) is 6. The van der Waals surface area contributed by atoms with E-state index in [4.69, 9.17) is 21.4 Å². The molecule has 1 atom stereocenters. The number of likely N-dealkylation sites (tertiary alicyclic amines) is 1. The molecule has 0 N–H and O–H groups in total. The number of halogens is 2. The van der Waals surface area contributed by atoms with Gasteiger partial charge in [0.25, 0.3) is 0 Å². The Kier molecular flexibility index (Phi) is 5.71. The van der Waals surface area contributed by atoms with Crippen molar-refractivity contribution in [2.75, 3.05) is 13.1 Å². The highest BCUT2D eigenvalue weighted by molar-refractivity contribution is 9.10. The molecule has 1 unspecified atom stereocenters. The van der Waals surface area contributed by atoms with E-state index in [0.717, 1.165) is 57.4 Å². The average molecular weight is 533 g/mol. The van der Waals surface area contributed by atoms with Crippen molar-refractivity contribution in [3.63, 3.8) is 0 Å². The van der Waals surface area contributed by atoms with Crippen molar-refractivity contribution in [1.82, 2.24) is 34.2 Å². The number of pyridine rings is 1. The van der Waals surface area contributed by atoms with Crippen molar-refractivity contribution in [1.29, 1.82) is 0 Å². The zero-order valence-electron chi connectivity index (χ0n) is 19.4. The van der Waals surface area contributed by atoms with Crippen LogP contribution in [0.4, 0.5) is 0 Å². The number of hydrogen-bond donors (Lipinski definition) is 0. The Labute approximate surface area is 206 Å². The quantitative estimate of drug-likeness (QED) is 0.257. The minimum absolute atomic E-state index is 0.0631. The van der Waals surface area contributed by atoms with Gasteiger partial charge in [-0.15, -0.1) is 0 Å². The number of aromatic nitrogens is 6. The minimum Gasteiger partial charge on any atom is -0.358 e. The topological polar surface area (TPSA) is 73.9 Å². The fourth-order valence-electron chi connectivity index (χ4n) is 4.44. The van der Waals surface area contributed by atoms with Crippen LogP contribution in [0.5, 0.6) is 0 Å². The van der Waals surface area contributed by atoms with E-state index in [1.807, 2.05) is 30.1 Å². The first-order valence-electron chi connectivity index (χ1n) is 11.1. The Hall–Kier alpha value is -2.07. The monoisotopic (exact) mass is 531 g/mol. The zero-order chi connectivity index (χ0) is 23.5. The number of fused-ring (bicyclic) bond motifs is 2. The zero-order valence-corrected chi connectivity index (χ0v) is 21.7. The van der Waals surface area contributed by atoms with E-state index in [1.165, 1.54) is 0 Å². The molecule has 0 radical (unpaired) electrons. The first-order chi connectivity index (χ1) is 15.6. The second-order valence-electron chi connectivity index (χ2n) is 9.47. The van der Waals surface area contributed by atoms with E-state index in [-0.39, 0.29) is 17.1 Å². The van der Waals surface area contributed by atoms with Crippen LogP contribution in [0.25, 0.3) is 33.2 Å². The SMILES string of the molecule is CCn1cc2nc(Cl)nc(-c3cn(C4CN(C(C)OC(C)(C)C)C4)c4cnc(Br)cc34)c2n1. The fourth-order valence-corrected chi connectivity index (χ4v) is 4.95. The predicted octanol–water partition coefficient (Wildman–Crippen LogP) is 5.30. The predicted molar refractivity (Wildman–Crippen MR) is 133 cm³/mol. The van der Waals surface area contributed by atoms with Crippen LogP contribution in [0.3, 0.4) is 0 Å². The summed E-state index contributed by atoms with van der Waals surface area (Å²) in [5, 5.41) is 5.97. The van der Waals surface area contributed by atoms with Crippen molar-refractivity contribution in [3.05, 3.63) is 34.5 Å². The fraction of sp³-hybridized carbons (Fsp3) is 0.478. The van der Waals surface area contributed by atoms with Gasteiger partial charge in [-0.3, -0.25) is 9.58 Å². The van der Waals surface area contributed by atoms with Crippen LogP contribution in [0.2, 0.25) is 5.28 Å². The molecule has 4 aromatic rings. The van der Waals surface area contributed by atoms with Gasteiger partial charge in [-0.05, 0) is 68.2 Å². The van der Waals surface area contributed by atoms with Crippen molar-refractivity contribution >= 4 is 49.5 Å². The van der Waals surface area contributed by atoms with Gasteiger partial charge in [0.2, 0.25) is 5.28 Å². The molecule has 174 valence electrons. The second kappa shape index (κ2) is 8.30. The summed E-state index contributed by atoms with van der Waals surface area (Å²) in [4.78, 5) is 15.8. The third-order valence-electron chi connectivity index (χ3n) is 5.97. The summed E-state index contributed by atoms with van der Waals surface area (Å²) in [6.45, 7) is 13.0. The number of rotatable bonds is 5. The number of nitrogens with zero attached hydrogens (tertiary/aromatic N) is 7. The van der Waals surface area contributed by atoms with Crippen molar-refractivity contribution in [2.24, 2.45) is 0 Å². The molecule has 0 bridgehead atoms. The Morgan fingerprint density at radius 1 is 1.24 bits per heavy atom. The van der Waals surface area contributed by atoms with E-state index >= 15 is 0 Å². The van der Waals surface area contributed by atoms with Gasteiger partial charge in [-0.2, -0.15) is 5.10 Å². The Morgan fingerprint density at radius 3 is 2.70 bits per heavy atom. The van der Waals surface area contributed by atoms with Gasteiger partial charge in [-0.25, -0.2) is 15.0 Å². The Morgan fingerprint density at radius 2 is 2.00 bits per heavy atom. The molecule has 0 aliphatic carbocycles. The summed E-state index contributed by atoms with van der Waals surface area (Å²) in [5.74, 6) is 0. The van der Waals surface area contributed by atoms with E-state index in [2.05, 4.69) is 74.2 Å². The molecule has 33 heavy (non-hydrogen) atoms. The Bertz CT molecular complexity index is 1340. The van der Waals surface area contributed by atoms with Crippen LogP contribution in [-0.4, -0.2) is 59.1 Å². The van der Waals surface area contributed by atoms with E-state index < -0.39 is 0 Å². The van der Waals surface area contributed by atoms with Crippen LogP contribution in [0.15, 0.2) is 29.3 Å². The molecule has 4 aromatic heterocycles. The summed E-state index contributed by atoms with van der Waals surface area (Å²) < 4.78 is 11.1. The van der Waals surface area contributed by atoms with Crippen LogP contribution in [0, 0.1) is 0 Å². The van der Waals surface area contributed by atoms with E-state index in [0.29, 0.717) is 6.04 Å². The summed E-state index contributed by atoms with van der Waals surface area (Å²) in [6, 6.07) is 2.35. The molecule has 5 heterocycles. The van der Waals surface area contributed by atoms with Crippen LogP contribution >= 0.6 is 27.5 Å². The maximum Gasteiger partial charge on any atom is 0.223 e. The third-order valence-corrected chi connectivity index (χ3v) is 6.57. The largest absolute Gasteiger partial charge is 0.358 e. The van der Waals surface area contributed by atoms with Crippen molar-refractivity contribution < 1.29 is 4.74 Å². The van der Waals surface area contributed by atoms with Crippen LogP contribution in [-0.2, 0) is 11.3 Å². The van der Waals surface area contributed by atoms with Gasteiger partial charge in [0.15, 0.2) is 0 Å². The highest BCUT2D eigenvalue weighted by atomic mass is 79.9. The lowest BCUT2D eigenvalue weighted by Crippen LogP contribution is -2.53. The van der Waals surface area contributed by atoms with Gasteiger partial charge >= 0.3 is 0 Å². The molecular weight excluding hydrogens is 506 g/mol. The molecule has 0 saturated carbocycles. The van der Waals surface area contributed by atoms with Gasteiger partial charge in [-0.1, -0.05) is 0 Å². The Balaban J connectivity index is 1.56. The van der Waals surface area contributed by atoms with Gasteiger partial charge < -0.3 is 9.30 Å². The lowest BCUT2D eigenvalue weighted by atomic mass is 10.1. The van der Waals surface area contributed by atoms with E-state index in [9.17, 15) is 0 Å². The van der Waals surface area contributed by atoms with Gasteiger partial charge in [0.05, 0.1) is 29.6 Å². The lowest BCUT2D eigenvalue weighted by Gasteiger charge is -2.45. The summed E-state index contributed by atoms with van der Waals surface area (Å²) in [6.07, 6.45) is 6.03. The van der Waals surface area contributed by atoms with E-state index in [1.54, 1.807) is 0 Å². The summed E-state index contributed by atoms with van der Waals surface area (Å²) in [7, 11) is 0. The third kappa shape index (κ3) is 4.27. The molecule has 1 fully saturated rings. The highest BCUT2D eigenvalue weighted by Gasteiger charge is 2.35. The maximum atomic E-state index is 6.31. The maximum absolute atomic E-state index is 6.31. The van der Waals surface area contributed by atoms with Crippen LogP contribution < -0.4 is 0 Å². The second-order valence-corrected chi connectivity index (χ2v) is 10.6. The lowest BCUT2D eigenvalue weighted by molar-refractivity contribution is -0.150. The standard InChI is InChI=1S/C23H27BrClN7O/c1-6-31-12-17-21(29-31)20(28-22(25)27-17)16-11-32(18-8-26-19(24)7-15(16)18)14-9-30(10-14)13(2)33-23(3,4)5/h7-8,11-14H,6,9-10H2,1-5H3. The molecule has 0 amide bonds. The first kappa shape index (κ1) is 22.7. The summed E-state index contributed by atoms with van der Waals surface area (Å²) >= 11 is 9.84. The molecule has 1 saturated heterocycles. The molecule has 1 aliphatic rings. The number of aryl methyl sites for hydroxylation is 1. The molecule has 1 aliphatic heterocycles.